The highest BCUT2D eigenvalue weighted by atomic mass is 35.5. The van der Waals surface area contributed by atoms with E-state index in [0.717, 1.165) is 55.4 Å². The van der Waals surface area contributed by atoms with E-state index in [1.165, 1.54) is 0 Å². The first-order chi connectivity index (χ1) is 11.2. The minimum absolute atomic E-state index is 0. The summed E-state index contributed by atoms with van der Waals surface area (Å²) in [5.74, 6) is 0.260. The monoisotopic (exact) mass is 352 g/mol. The van der Waals surface area contributed by atoms with Gasteiger partial charge in [-0.2, -0.15) is 0 Å². The van der Waals surface area contributed by atoms with Gasteiger partial charge in [0, 0.05) is 25.6 Å². The van der Waals surface area contributed by atoms with Crippen LogP contribution in [0.3, 0.4) is 0 Å². The van der Waals surface area contributed by atoms with Gasteiger partial charge in [-0.3, -0.25) is 4.79 Å². The number of aromatic amines is 2. The highest BCUT2D eigenvalue weighted by Gasteiger charge is 2.21. The first kappa shape index (κ1) is 18.5. The molecule has 1 aromatic carbocycles. The molecular weight excluding hydrogens is 328 g/mol. The summed E-state index contributed by atoms with van der Waals surface area (Å²) < 4.78 is 0. The molecule has 1 fully saturated rings. The Morgan fingerprint density at radius 3 is 2.67 bits per heavy atom. The number of piperidine rings is 1. The van der Waals surface area contributed by atoms with E-state index < -0.39 is 0 Å². The highest BCUT2D eigenvalue weighted by Crippen LogP contribution is 2.15. The second-order valence-electron chi connectivity index (χ2n) is 6.26. The second-order valence-corrected chi connectivity index (χ2v) is 6.26. The van der Waals surface area contributed by atoms with Gasteiger partial charge in [-0.25, -0.2) is 4.79 Å². The molecule has 0 unspecified atom stereocenters. The van der Waals surface area contributed by atoms with Gasteiger partial charge in [-0.05, 0) is 50.4 Å². The fourth-order valence-electron chi connectivity index (χ4n) is 3.25. The Morgan fingerprint density at radius 1 is 1.25 bits per heavy atom. The Kier molecular flexibility index (Phi) is 6.45. The number of nitrogens with zero attached hydrogens (tertiary/aromatic N) is 1. The van der Waals surface area contributed by atoms with E-state index in [1.807, 2.05) is 30.1 Å². The normalized spacial score (nSPS) is 15.5. The summed E-state index contributed by atoms with van der Waals surface area (Å²) in [5.41, 5.74) is 2.61. The molecule has 1 aliphatic rings. The van der Waals surface area contributed by atoms with Gasteiger partial charge >= 0.3 is 5.69 Å². The number of H-pyrrole nitrogens is 2. The van der Waals surface area contributed by atoms with E-state index in [9.17, 15) is 9.59 Å². The van der Waals surface area contributed by atoms with Crippen LogP contribution >= 0.6 is 12.4 Å². The third-order valence-corrected chi connectivity index (χ3v) is 4.69. The molecule has 0 radical (unpaired) electrons. The van der Waals surface area contributed by atoms with Crippen molar-refractivity contribution in [1.82, 2.24) is 20.2 Å². The lowest BCUT2D eigenvalue weighted by atomic mass is 10.0. The smallest absolute Gasteiger partial charge is 0.323 e. The molecule has 3 rings (SSSR count). The zero-order chi connectivity index (χ0) is 16.2. The second kappa shape index (κ2) is 8.35. The molecule has 2 heterocycles. The van der Waals surface area contributed by atoms with Crippen molar-refractivity contribution in [2.24, 2.45) is 0 Å². The predicted octanol–water partition coefficient (Wildman–Crippen LogP) is 1.81. The van der Waals surface area contributed by atoms with Crippen LogP contribution in [0.2, 0.25) is 0 Å². The lowest BCUT2D eigenvalue weighted by molar-refractivity contribution is -0.132. The minimum atomic E-state index is -0.183. The lowest BCUT2D eigenvalue weighted by Gasteiger charge is -2.31. The Balaban J connectivity index is 0.00000208. The molecular formula is C17H25ClN4O2. The Labute approximate surface area is 147 Å². The highest BCUT2D eigenvalue weighted by molar-refractivity contribution is 5.85. The summed E-state index contributed by atoms with van der Waals surface area (Å²) >= 11 is 0. The number of nitrogens with one attached hydrogen (secondary N) is 3. The van der Waals surface area contributed by atoms with Crippen molar-refractivity contribution >= 4 is 29.3 Å². The topological polar surface area (TPSA) is 81.0 Å². The molecule has 132 valence electrons. The van der Waals surface area contributed by atoms with Gasteiger partial charge in [-0.15, -0.1) is 12.4 Å². The number of fused-ring (bicyclic) bond motifs is 1. The number of aryl methyl sites for hydroxylation is 1. The molecule has 1 saturated heterocycles. The van der Waals surface area contributed by atoms with E-state index in [-0.39, 0.29) is 24.0 Å². The SMILES string of the molecule is CNC1CCN(C(=O)CCCc2ccc3[nH]c(=O)[nH]c3c2)CC1.Cl. The Morgan fingerprint density at radius 2 is 1.96 bits per heavy atom. The van der Waals surface area contributed by atoms with E-state index in [2.05, 4.69) is 15.3 Å². The third-order valence-electron chi connectivity index (χ3n) is 4.69. The standard InChI is InChI=1S/C17H24N4O2.ClH/c1-18-13-7-9-21(10-8-13)16(22)4-2-3-12-5-6-14-15(11-12)20-17(23)19-14;/h5-6,11,13,18H,2-4,7-10H2,1H3,(H2,19,20,23);1H. The van der Waals surface area contributed by atoms with Crippen molar-refractivity contribution in [1.29, 1.82) is 0 Å². The van der Waals surface area contributed by atoms with E-state index in [1.54, 1.807) is 0 Å². The fourth-order valence-corrected chi connectivity index (χ4v) is 3.25. The Hall–Kier alpha value is -1.79. The number of benzene rings is 1. The van der Waals surface area contributed by atoms with Gasteiger partial charge < -0.3 is 20.2 Å². The summed E-state index contributed by atoms with van der Waals surface area (Å²) in [4.78, 5) is 31.0. The van der Waals surface area contributed by atoms with Crippen LogP contribution in [0, 0.1) is 0 Å². The lowest BCUT2D eigenvalue weighted by Crippen LogP contribution is -2.43. The number of amides is 1. The molecule has 0 bridgehead atoms. The van der Waals surface area contributed by atoms with Gasteiger partial charge in [0.15, 0.2) is 0 Å². The third kappa shape index (κ3) is 4.39. The number of hydrogen-bond acceptors (Lipinski definition) is 3. The molecule has 0 aliphatic carbocycles. The number of halogens is 1. The van der Waals surface area contributed by atoms with Crippen LogP contribution in [0.5, 0.6) is 0 Å². The maximum atomic E-state index is 12.3. The van der Waals surface area contributed by atoms with Crippen molar-refractivity contribution < 1.29 is 4.79 Å². The molecule has 1 aromatic heterocycles. The molecule has 0 saturated carbocycles. The van der Waals surface area contributed by atoms with Crippen LogP contribution < -0.4 is 11.0 Å². The van der Waals surface area contributed by atoms with Gasteiger partial charge in [0.2, 0.25) is 5.91 Å². The fraction of sp³-hybridized carbons (Fsp3) is 0.529. The first-order valence-corrected chi connectivity index (χ1v) is 8.31. The van der Waals surface area contributed by atoms with E-state index in [0.29, 0.717) is 12.5 Å². The summed E-state index contributed by atoms with van der Waals surface area (Å²) in [6.45, 7) is 1.72. The van der Waals surface area contributed by atoms with Crippen LogP contribution in [0.1, 0.15) is 31.2 Å². The molecule has 1 aliphatic heterocycles. The molecule has 7 heteroatoms. The first-order valence-electron chi connectivity index (χ1n) is 8.31. The molecule has 1 amide bonds. The van der Waals surface area contributed by atoms with Crippen LogP contribution in [-0.2, 0) is 11.2 Å². The number of imidazole rings is 1. The molecule has 0 atom stereocenters. The molecule has 2 aromatic rings. The summed E-state index contributed by atoms with van der Waals surface area (Å²) in [7, 11) is 1.98. The van der Waals surface area contributed by atoms with Gasteiger partial charge in [-0.1, -0.05) is 6.07 Å². The number of carbonyl (C=O) groups is 1. The number of aromatic nitrogens is 2. The summed E-state index contributed by atoms with van der Waals surface area (Å²) in [6, 6.07) is 6.45. The van der Waals surface area contributed by atoms with Crippen LogP contribution in [-0.4, -0.2) is 47.0 Å². The molecule has 0 spiro atoms. The van der Waals surface area contributed by atoms with Gasteiger partial charge in [0.1, 0.15) is 0 Å². The number of hydrogen-bond donors (Lipinski definition) is 3. The van der Waals surface area contributed by atoms with E-state index >= 15 is 0 Å². The van der Waals surface area contributed by atoms with Crippen LogP contribution in [0.25, 0.3) is 11.0 Å². The van der Waals surface area contributed by atoms with Crippen molar-refractivity contribution in [2.75, 3.05) is 20.1 Å². The van der Waals surface area contributed by atoms with Crippen LogP contribution in [0.15, 0.2) is 23.0 Å². The average Bonchev–Trinajstić information content (AvgIpc) is 2.94. The molecule has 6 nitrogen and oxygen atoms in total. The predicted molar refractivity (Wildman–Crippen MR) is 97.8 cm³/mol. The number of rotatable bonds is 5. The Bertz CT molecular complexity index is 732. The molecule has 3 N–H and O–H groups in total. The number of carbonyl (C=O) groups excluding carboxylic acids is 1. The zero-order valence-corrected chi connectivity index (χ0v) is 14.7. The van der Waals surface area contributed by atoms with Crippen molar-refractivity contribution in [3.8, 4) is 0 Å². The quantitative estimate of drug-likeness (QED) is 0.767. The van der Waals surface area contributed by atoms with Crippen molar-refractivity contribution in [3.63, 3.8) is 0 Å². The minimum Gasteiger partial charge on any atom is -0.343 e. The largest absolute Gasteiger partial charge is 0.343 e. The number of likely N-dealkylation sites (tertiary alicyclic amines) is 1. The van der Waals surface area contributed by atoms with E-state index in [4.69, 9.17) is 0 Å². The summed E-state index contributed by atoms with van der Waals surface area (Å²) in [5, 5.41) is 3.28. The van der Waals surface area contributed by atoms with Gasteiger partial charge in [0.05, 0.1) is 11.0 Å². The van der Waals surface area contributed by atoms with Crippen molar-refractivity contribution in [3.05, 3.63) is 34.2 Å². The average molecular weight is 353 g/mol. The summed E-state index contributed by atoms with van der Waals surface area (Å²) in [6.07, 6.45) is 4.36. The molecule has 24 heavy (non-hydrogen) atoms. The van der Waals surface area contributed by atoms with Crippen molar-refractivity contribution in [2.45, 2.75) is 38.1 Å². The maximum Gasteiger partial charge on any atom is 0.323 e. The maximum absolute atomic E-state index is 12.3. The van der Waals surface area contributed by atoms with Crippen LogP contribution in [0.4, 0.5) is 0 Å². The zero-order valence-electron chi connectivity index (χ0n) is 13.9. The van der Waals surface area contributed by atoms with Gasteiger partial charge in [0.25, 0.3) is 0 Å².